The van der Waals surface area contributed by atoms with Crippen LogP contribution in [0.3, 0.4) is 0 Å². The molecular formula is C10H15N3O. The van der Waals surface area contributed by atoms with Crippen molar-refractivity contribution in [1.82, 2.24) is 9.78 Å². The topological polar surface area (TPSA) is 60.9 Å². The standard InChI is InChI=1S/C10H15N3O/c1-13-9(4-5-12-13)10(14)7-2-3-8(11)6-7/h4-5,7-8H,2-3,6,11H2,1H3. The monoisotopic (exact) mass is 193 g/mol. The van der Waals surface area contributed by atoms with Gasteiger partial charge in [0.05, 0.1) is 0 Å². The molecule has 1 aromatic rings. The Kier molecular flexibility index (Phi) is 2.37. The van der Waals surface area contributed by atoms with Gasteiger partial charge in [-0.1, -0.05) is 0 Å². The van der Waals surface area contributed by atoms with Crippen LogP contribution >= 0.6 is 0 Å². The number of carbonyl (C=O) groups excluding carboxylic acids is 1. The molecule has 0 bridgehead atoms. The summed E-state index contributed by atoms with van der Waals surface area (Å²) in [6.07, 6.45) is 4.37. The number of hydrogen-bond donors (Lipinski definition) is 1. The highest BCUT2D eigenvalue weighted by molar-refractivity contribution is 5.96. The molecule has 76 valence electrons. The van der Waals surface area contributed by atoms with Crippen LogP contribution in [0.2, 0.25) is 0 Å². The zero-order valence-electron chi connectivity index (χ0n) is 8.31. The fourth-order valence-electron chi connectivity index (χ4n) is 2.08. The summed E-state index contributed by atoms with van der Waals surface area (Å²) in [7, 11) is 1.79. The van der Waals surface area contributed by atoms with Crippen LogP contribution in [0.5, 0.6) is 0 Å². The lowest BCUT2D eigenvalue weighted by Crippen LogP contribution is -2.19. The van der Waals surface area contributed by atoms with Crippen molar-refractivity contribution in [3.05, 3.63) is 18.0 Å². The van der Waals surface area contributed by atoms with Gasteiger partial charge >= 0.3 is 0 Å². The Morgan fingerprint density at radius 1 is 1.64 bits per heavy atom. The molecule has 4 nitrogen and oxygen atoms in total. The molecule has 14 heavy (non-hydrogen) atoms. The van der Waals surface area contributed by atoms with Crippen molar-refractivity contribution in [2.75, 3.05) is 0 Å². The van der Waals surface area contributed by atoms with Crippen LogP contribution in [-0.2, 0) is 7.05 Å². The van der Waals surface area contributed by atoms with Crippen molar-refractivity contribution < 1.29 is 4.79 Å². The first-order valence-electron chi connectivity index (χ1n) is 4.96. The Morgan fingerprint density at radius 3 is 2.93 bits per heavy atom. The Labute approximate surface area is 83.1 Å². The largest absolute Gasteiger partial charge is 0.328 e. The lowest BCUT2D eigenvalue weighted by atomic mass is 10.00. The molecule has 0 spiro atoms. The smallest absolute Gasteiger partial charge is 0.183 e. The van der Waals surface area contributed by atoms with Crippen molar-refractivity contribution in [2.24, 2.45) is 18.7 Å². The van der Waals surface area contributed by atoms with E-state index in [0.717, 1.165) is 19.3 Å². The second kappa shape index (κ2) is 3.53. The van der Waals surface area contributed by atoms with E-state index < -0.39 is 0 Å². The Bertz CT molecular complexity index is 345. The van der Waals surface area contributed by atoms with E-state index in [-0.39, 0.29) is 17.7 Å². The number of nitrogens with zero attached hydrogens (tertiary/aromatic N) is 2. The molecule has 0 saturated heterocycles. The summed E-state index contributed by atoms with van der Waals surface area (Å²) < 4.78 is 1.63. The highest BCUT2D eigenvalue weighted by Crippen LogP contribution is 2.27. The van der Waals surface area contributed by atoms with Crippen LogP contribution in [0.15, 0.2) is 12.3 Å². The first-order valence-corrected chi connectivity index (χ1v) is 4.96. The third-order valence-corrected chi connectivity index (χ3v) is 2.92. The zero-order chi connectivity index (χ0) is 10.1. The Balaban J connectivity index is 2.13. The van der Waals surface area contributed by atoms with Gasteiger partial charge in [-0.2, -0.15) is 5.10 Å². The molecule has 2 N–H and O–H groups in total. The van der Waals surface area contributed by atoms with Gasteiger partial charge in [-0.05, 0) is 25.3 Å². The van der Waals surface area contributed by atoms with Crippen LogP contribution in [0, 0.1) is 5.92 Å². The summed E-state index contributed by atoms with van der Waals surface area (Å²) in [6.45, 7) is 0. The molecule has 2 rings (SSSR count). The number of ketones is 1. The van der Waals surface area contributed by atoms with E-state index in [2.05, 4.69) is 5.10 Å². The van der Waals surface area contributed by atoms with E-state index >= 15 is 0 Å². The van der Waals surface area contributed by atoms with Crippen molar-refractivity contribution in [2.45, 2.75) is 25.3 Å². The van der Waals surface area contributed by atoms with Gasteiger partial charge in [0.1, 0.15) is 5.69 Å². The highest BCUT2D eigenvalue weighted by Gasteiger charge is 2.29. The third kappa shape index (κ3) is 1.57. The van der Waals surface area contributed by atoms with Gasteiger partial charge in [-0.25, -0.2) is 0 Å². The maximum absolute atomic E-state index is 12.0. The second-order valence-corrected chi connectivity index (χ2v) is 3.97. The Morgan fingerprint density at radius 2 is 2.43 bits per heavy atom. The molecule has 2 atom stereocenters. The molecule has 1 aliphatic carbocycles. The predicted molar refractivity (Wildman–Crippen MR) is 52.9 cm³/mol. The van der Waals surface area contributed by atoms with E-state index in [4.69, 9.17) is 5.73 Å². The molecule has 1 fully saturated rings. The molecule has 0 radical (unpaired) electrons. The highest BCUT2D eigenvalue weighted by atomic mass is 16.1. The van der Waals surface area contributed by atoms with Crippen LogP contribution in [0.4, 0.5) is 0 Å². The van der Waals surface area contributed by atoms with Crippen LogP contribution in [0.1, 0.15) is 29.8 Å². The van der Waals surface area contributed by atoms with Crippen LogP contribution < -0.4 is 5.73 Å². The maximum atomic E-state index is 12.0. The first kappa shape index (κ1) is 9.40. The third-order valence-electron chi connectivity index (χ3n) is 2.92. The molecular weight excluding hydrogens is 178 g/mol. The van der Waals surface area contributed by atoms with Gasteiger partial charge in [0.25, 0.3) is 0 Å². The molecule has 1 aromatic heterocycles. The lowest BCUT2D eigenvalue weighted by Gasteiger charge is -2.07. The number of carbonyl (C=O) groups is 1. The van der Waals surface area contributed by atoms with E-state index in [0.29, 0.717) is 5.69 Å². The average Bonchev–Trinajstić information content (AvgIpc) is 2.73. The minimum absolute atomic E-state index is 0.111. The van der Waals surface area contributed by atoms with Gasteiger partial charge < -0.3 is 5.73 Å². The average molecular weight is 193 g/mol. The number of Topliss-reactive ketones (excluding diaryl/α,β-unsaturated/α-hetero) is 1. The lowest BCUT2D eigenvalue weighted by molar-refractivity contribution is 0.0912. The molecule has 0 aliphatic heterocycles. The molecule has 0 amide bonds. The van der Waals surface area contributed by atoms with Gasteiger partial charge in [-0.15, -0.1) is 0 Å². The summed E-state index contributed by atoms with van der Waals surface area (Å²) in [5, 5.41) is 3.99. The van der Waals surface area contributed by atoms with Gasteiger partial charge in [0.2, 0.25) is 0 Å². The number of aryl methyl sites for hydroxylation is 1. The normalized spacial score (nSPS) is 26.7. The van der Waals surface area contributed by atoms with E-state index in [1.807, 2.05) is 0 Å². The summed E-state index contributed by atoms with van der Waals surface area (Å²) in [4.78, 5) is 12.0. The quantitative estimate of drug-likeness (QED) is 0.704. The molecule has 1 saturated carbocycles. The van der Waals surface area contributed by atoms with E-state index in [9.17, 15) is 4.79 Å². The summed E-state index contributed by atoms with van der Waals surface area (Å²) >= 11 is 0. The van der Waals surface area contributed by atoms with Gasteiger partial charge in [0, 0.05) is 25.2 Å². The van der Waals surface area contributed by atoms with Crippen LogP contribution in [-0.4, -0.2) is 21.6 Å². The van der Waals surface area contributed by atoms with Crippen LogP contribution in [0.25, 0.3) is 0 Å². The predicted octanol–water partition coefficient (Wildman–Crippen LogP) is 0.730. The minimum Gasteiger partial charge on any atom is -0.328 e. The summed E-state index contributed by atoms with van der Waals surface area (Å²) in [6, 6.07) is 1.98. The summed E-state index contributed by atoms with van der Waals surface area (Å²) in [5.74, 6) is 0.304. The fraction of sp³-hybridized carbons (Fsp3) is 0.600. The number of nitrogens with two attached hydrogens (primary N) is 1. The summed E-state index contributed by atoms with van der Waals surface area (Å²) in [5.41, 5.74) is 6.48. The molecule has 2 unspecified atom stereocenters. The molecule has 0 aromatic carbocycles. The van der Waals surface area contributed by atoms with Gasteiger partial charge in [0.15, 0.2) is 5.78 Å². The van der Waals surface area contributed by atoms with Crippen molar-refractivity contribution in [3.8, 4) is 0 Å². The molecule has 4 heteroatoms. The maximum Gasteiger partial charge on any atom is 0.183 e. The van der Waals surface area contributed by atoms with E-state index in [1.165, 1.54) is 0 Å². The van der Waals surface area contributed by atoms with Crippen molar-refractivity contribution in [3.63, 3.8) is 0 Å². The molecule has 1 aliphatic rings. The Hall–Kier alpha value is -1.16. The van der Waals surface area contributed by atoms with Crippen molar-refractivity contribution >= 4 is 5.78 Å². The number of hydrogen-bond acceptors (Lipinski definition) is 3. The zero-order valence-corrected chi connectivity index (χ0v) is 8.31. The number of rotatable bonds is 2. The minimum atomic E-state index is 0.111. The van der Waals surface area contributed by atoms with Gasteiger partial charge in [-0.3, -0.25) is 9.48 Å². The second-order valence-electron chi connectivity index (χ2n) is 3.97. The SMILES string of the molecule is Cn1nccc1C(=O)C1CCC(N)C1. The molecule has 1 heterocycles. The first-order chi connectivity index (χ1) is 6.68. The van der Waals surface area contributed by atoms with E-state index in [1.54, 1.807) is 24.0 Å². The number of aromatic nitrogens is 2. The van der Waals surface area contributed by atoms with Crippen molar-refractivity contribution in [1.29, 1.82) is 0 Å². The fourth-order valence-corrected chi connectivity index (χ4v) is 2.08.